The van der Waals surface area contributed by atoms with Crippen LogP contribution in [0.15, 0.2) is 71.9 Å². The number of sulfonamides is 1. The first-order valence-corrected chi connectivity index (χ1v) is 11.1. The lowest BCUT2D eigenvalue weighted by Crippen LogP contribution is -2.31. The quantitative estimate of drug-likeness (QED) is 0.456. The highest BCUT2D eigenvalue weighted by Gasteiger charge is 2.27. The van der Waals surface area contributed by atoms with Crippen molar-refractivity contribution >= 4 is 16.0 Å². The molecule has 0 aliphatic carbocycles. The lowest BCUT2D eigenvalue weighted by molar-refractivity contribution is 0.0600. The maximum absolute atomic E-state index is 13.4. The Hall–Kier alpha value is -3.43. The minimum absolute atomic E-state index is 0.124. The second kappa shape index (κ2) is 10.3. The Morgan fingerprint density at radius 2 is 1.31 bits per heavy atom. The molecule has 0 aliphatic rings. The van der Waals surface area contributed by atoms with E-state index in [1.54, 1.807) is 38.5 Å². The van der Waals surface area contributed by atoms with E-state index in [4.69, 9.17) is 9.47 Å². The van der Waals surface area contributed by atoms with Crippen LogP contribution in [0.2, 0.25) is 0 Å². The maximum atomic E-state index is 13.4. The van der Waals surface area contributed by atoms with Crippen LogP contribution in [0.25, 0.3) is 0 Å². The van der Waals surface area contributed by atoms with Gasteiger partial charge in [-0.05, 0) is 47.5 Å². The summed E-state index contributed by atoms with van der Waals surface area (Å²) in [7, 11) is 0.415. The zero-order valence-electron chi connectivity index (χ0n) is 18.0. The summed E-state index contributed by atoms with van der Waals surface area (Å²) in [6.07, 6.45) is 1.19. The Bertz CT molecular complexity index is 1100. The minimum Gasteiger partial charge on any atom is -0.497 e. The van der Waals surface area contributed by atoms with E-state index in [1.807, 2.05) is 24.3 Å². The predicted octanol–water partition coefficient (Wildman–Crippen LogP) is 3.28. The van der Waals surface area contributed by atoms with Gasteiger partial charge in [-0.3, -0.25) is 0 Å². The van der Waals surface area contributed by atoms with E-state index < -0.39 is 16.0 Å². The molecular weight excluding hydrogens is 432 g/mol. The van der Waals surface area contributed by atoms with E-state index in [-0.39, 0.29) is 23.7 Å². The summed E-state index contributed by atoms with van der Waals surface area (Å²) >= 11 is 0. The minimum atomic E-state index is -3.97. The number of aromatic nitrogens is 1. The van der Waals surface area contributed by atoms with Crippen LogP contribution in [0.5, 0.6) is 11.5 Å². The van der Waals surface area contributed by atoms with Crippen LogP contribution in [0.4, 0.5) is 0 Å². The third kappa shape index (κ3) is 5.43. The lowest BCUT2D eigenvalue weighted by Gasteiger charge is -2.22. The Kier molecular flexibility index (Phi) is 7.45. The molecule has 0 radical (unpaired) electrons. The maximum Gasteiger partial charge on any atom is 0.339 e. The van der Waals surface area contributed by atoms with Crippen LogP contribution < -0.4 is 9.47 Å². The fraction of sp³-hybridized carbons (Fsp3) is 0.217. The number of methoxy groups -OCH3 is 3. The van der Waals surface area contributed by atoms with Gasteiger partial charge in [0.1, 0.15) is 11.5 Å². The van der Waals surface area contributed by atoms with Crippen molar-refractivity contribution in [3.63, 3.8) is 0 Å². The normalized spacial score (nSPS) is 11.2. The average Bonchev–Trinajstić information content (AvgIpc) is 2.84. The Balaban J connectivity index is 1.93. The molecule has 3 aromatic rings. The first-order valence-electron chi connectivity index (χ1n) is 9.67. The highest BCUT2D eigenvalue weighted by molar-refractivity contribution is 7.89. The van der Waals surface area contributed by atoms with Gasteiger partial charge in [-0.2, -0.15) is 4.31 Å². The summed E-state index contributed by atoms with van der Waals surface area (Å²) in [5.41, 5.74) is 1.74. The van der Waals surface area contributed by atoms with Gasteiger partial charge in [0, 0.05) is 19.3 Å². The van der Waals surface area contributed by atoms with Crippen LogP contribution in [-0.2, 0) is 27.8 Å². The van der Waals surface area contributed by atoms with Gasteiger partial charge in [0.05, 0.1) is 26.9 Å². The molecule has 8 nitrogen and oxygen atoms in total. The monoisotopic (exact) mass is 456 g/mol. The van der Waals surface area contributed by atoms with E-state index in [2.05, 4.69) is 9.72 Å². The number of hydrogen-bond donors (Lipinski definition) is 0. The first-order chi connectivity index (χ1) is 15.4. The van der Waals surface area contributed by atoms with Crippen molar-refractivity contribution in [3.05, 3.63) is 83.6 Å². The van der Waals surface area contributed by atoms with Crippen molar-refractivity contribution in [2.45, 2.75) is 18.1 Å². The number of carbonyl (C=O) groups is 1. The highest BCUT2D eigenvalue weighted by Crippen LogP contribution is 2.22. The number of nitrogens with zero attached hydrogens (tertiary/aromatic N) is 2. The lowest BCUT2D eigenvalue weighted by atomic mass is 10.2. The van der Waals surface area contributed by atoms with Gasteiger partial charge in [0.2, 0.25) is 0 Å². The Morgan fingerprint density at radius 3 is 1.69 bits per heavy atom. The fourth-order valence-corrected chi connectivity index (χ4v) is 4.33. The van der Waals surface area contributed by atoms with Gasteiger partial charge in [-0.25, -0.2) is 18.2 Å². The number of esters is 1. The number of carbonyl (C=O) groups excluding carboxylic acids is 1. The number of rotatable bonds is 9. The fourth-order valence-electron chi connectivity index (χ4n) is 3.00. The van der Waals surface area contributed by atoms with Crippen molar-refractivity contribution in [1.29, 1.82) is 0 Å². The highest BCUT2D eigenvalue weighted by atomic mass is 32.2. The summed E-state index contributed by atoms with van der Waals surface area (Å²) in [6.45, 7) is 0.248. The molecule has 0 bridgehead atoms. The molecule has 0 saturated carbocycles. The molecule has 0 aliphatic heterocycles. The molecule has 2 aromatic carbocycles. The van der Waals surface area contributed by atoms with Crippen molar-refractivity contribution in [2.75, 3.05) is 21.3 Å². The summed E-state index contributed by atoms with van der Waals surface area (Å²) in [6, 6.07) is 17.0. The zero-order chi connectivity index (χ0) is 23.1. The molecular formula is C23H24N2O6S. The molecule has 1 heterocycles. The molecule has 9 heteroatoms. The zero-order valence-corrected chi connectivity index (χ0v) is 18.8. The van der Waals surface area contributed by atoms with Gasteiger partial charge >= 0.3 is 5.97 Å². The molecule has 0 spiro atoms. The van der Waals surface area contributed by atoms with Crippen LogP contribution in [0, 0.1) is 0 Å². The average molecular weight is 457 g/mol. The van der Waals surface area contributed by atoms with E-state index in [9.17, 15) is 13.2 Å². The van der Waals surface area contributed by atoms with Crippen LogP contribution in [0.1, 0.15) is 21.5 Å². The van der Waals surface area contributed by atoms with Crippen molar-refractivity contribution < 1.29 is 27.4 Å². The summed E-state index contributed by atoms with van der Waals surface area (Å²) in [4.78, 5) is 15.7. The largest absolute Gasteiger partial charge is 0.497 e. The number of hydrogen-bond acceptors (Lipinski definition) is 7. The molecule has 1 aromatic heterocycles. The molecule has 0 saturated heterocycles. The van der Waals surface area contributed by atoms with E-state index in [0.717, 1.165) is 11.1 Å². The molecule has 0 unspecified atom stereocenters. The molecule has 0 amide bonds. The van der Waals surface area contributed by atoms with E-state index >= 15 is 0 Å². The van der Waals surface area contributed by atoms with Crippen LogP contribution in [0.3, 0.4) is 0 Å². The Morgan fingerprint density at radius 1 is 0.812 bits per heavy atom. The third-order valence-corrected chi connectivity index (χ3v) is 6.51. The smallest absolute Gasteiger partial charge is 0.339 e. The van der Waals surface area contributed by atoms with Gasteiger partial charge < -0.3 is 14.2 Å². The summed E-state index contributed by atoms with van der Waals surface area (Å²) < 4.78 is 43.2. The second-order valence-corrected chi connectivity index (χ2v) is 8.73. The number of pyridine rings is 1. The molecule has 168 valence electrons. The van der Waals surface area contributed by atoms with E-state index in [0.29, 0.717) is 11.5 Å². The number of benzene rings is 2. The molecule has 0 atom stereocenters. The molecule has 3 rings (SSSR count). The third-order valence-electron chi connectivity index (χ3n) is 4.80. The van der Waals surface area contributed by atoms with E-state index in [1.165, 1.54) is 29.7 Å². The first kappa shape index (κ1) is 23.2. The SMILES string of the molecule is COC(=O)c1ccc(S(=O)(=O)N(Cc2ccc(OC)cc2)Cc2ccc(OC)cc2)nc1. The predicted molar refractivity (Wildman–Crippen MR) is 118 cm³/mol. The summed E-state index contributed by atoms with van der Waals surface area (Å²) in [5.74, 6) is 0.770. The van der Waals surface area contributed by atoms with Gasteiger partial charge in [-0.15, -0.1) is 0 Å². The van der Waals surface area contributed by atoms with Gasteiger partial charge in [-0.1, -0.05) is 24.3 Å². The second-order valence-electron chi connectivity index (χ2n) is 6.85. The molecule has 32 heavy (non-hydrogen) atoms. The topological polar surface area (TPSA) is 95.0 Å². The van der Waals surface area contributed by atoms with Crippen molar-refractivity contribution in [2.24, 2.45) is 0 Å². The van der Waals surface area contributed by atoms with Crippen LogP contribution >= 0.6 is 0 Å². The number of ether oxygens (including phenoxy) is 3. The summed E-state index contributed by atoms with van der Waals surface area (Å²) in [5, 5.41) is -0.160. The van der Waals surface area contributed by atoms with Crippen LogP contribution in [-0.4, -0.2) is 45.0 Å². The Labute approximate surface area is 187 Å². The standard InChI is InChI=1S/C23H24N2O6S/c1-29-20-9-4-17(5-10-20)15-25(16-18-6-11-21(30-2)12-7-18)32(27,28)22-13-8-19(14-24-22)23(26)31-3/h4-14H,15-16H2,1-3H3. The van der Waals surface area contributed by atoms with Crippen molar-refractivity contribution in [1.82, 2.24) is 9.29 Å². The van der Waals surface area contributed by atoms with Gasteiger partial charge in [0.25, 0.3) is 10.0 Å². The van der Waals surface area contributed by atoms with Crippen molar-refractivity contribution in [3.8, 4) is 11.5 Å². The molecule has 0 N–H and O–H groups in total. The van der Waals surface area contributed by atoms with Gasteiger partial charge in [0.15, 0.2) is 5.03 Å². The molecule has 0 fully saturated rings.